The second-order valence-corrected chi connectivity index (χ2v) is 8.43. The lowest BCUT2D eigenvalue weighted by Gasteiger charge is -2.38. The van der Waals surface area contributed by atoms with Gasteiger partial charge in [-0.15, -0.1) is 16.4 Å². The molecule has 1 atom stereocenters. The lowest BCUT2D eigenvalue weighted by molar-refractivity contribution is 0.0896. The Hall–Kier alpha value is -2.54. The molecule has 1 aromatic carbocycles. The largest absolute Gasteiger partial charge is 0.295 e. The second-order valence-electron chi connectivity index (χ2n) is 7.40. The van der Waals surface area contributed by atoms with Crippen molar-refractivity contribution in [2.24, 2.45) is 0 Å². The number of nitrogens with zero attached hydrogens (tertiary/aromatic N) is 5. The normalized spacial score (nSPS) is 18.7. The highest BCUT2D eigenvalue weighted by Crippen LogP contribution is 2.28. The maximum Gasteiger partial charge on any atom is 0.109 e. The van der Waals surface area contributed by atoms with Crippen molar-refractivity contribution in [1.29, 1.82) is 0 Å². The first kappa shape index (κ1) is 17.6. The van der Waals surface area contributed by atoms with Crippen LogP contribution in [0.1, 0.15) is 16.6 Å². The molecule has 4 heterocycles. The van der Waals surface area contributed by atoms with Gasteiger partial charge in [-0.25, -0.2) is 4.52 Å². The smallest absolute Gasteiger partial charge is 0.109 e. The third-order valence-electron chi connectivity index (χ3n) is 5.55. The topological polar surface area (TPSA) is 36.7 Å². The Morgan fingerprint density at radius 1 is 1.00 bits per heavy atom. The summed E-state index contributed by atoms with van der Waals surface area (Å²) in [5.41, 5.74) is 4.51. The highest BCUT2D eigenvalue weighted by atomic mass is 32.1. The van der Waals surface area contributed by atoms with Crippen LogP contribution >= 0.6 is 11.3 Å². The molecule has 5 nitrogen and oxygen atoms in total. The van der Waals surface area contributed by atoms with Crippen LogP contribution in [0.3, 0.4) is 0 Å². The molecule has 5 rings (SSSR count). The summed E-state index contributed by atoms with van der Waals surface area (Å²) in [5, 5.41) is 11.2. The molecule has 28 heavy (non-hydrogen) atoms. The molecule has 1 fully saturated rings. The van der Waals surface area contributed by atoms with Crippen LogP contribution in [0.25, 0.3) is 16.6 Å². The Balaban J connectivity index is 1.43. The molecule has 4 aromatic rings. The third-order valence-corrected chi connectivity index (χ3v) is 6.42. The fourth-order valence-corrected chi connectivity index (χ4v) is 4.69. The minimum atomic E-state index is 0.258. The van der Waals surface area contributed by atoms with Crippen LogP contribution in [0.15, 0.2) is 66.2 Å². The van der Waals surface area contributed by atoms with E-state index in [0.717, 1.165) is 43.0 Å². The molecule has 6 heteroatoms. The van der Waals surface area contributed by atoms with Crippen LogP contribution in [0.4, 0.5) is 0 Å². The van der Waals surface area contributed by atoms with Crippen molar-refractivity contribution in [3.63, 3.8) is 0 Å². The summed E-state index contributed by atoms with van der Waals surface area (Å²) < 4.78 is 1.92. The summed E-state index contributed by atoms with van der Waals surface area (Å²) in [4.78, 5) is 6.35. The highest BCUT2D eigenvalue weighted by molar-refractivity contribution is 7.09. The maximum absolute atomic E-state index is 4.58. The zero-order valence-corrected chi connectivity index (χ0v) is 16.7. The monoisotopic (exact) mass is 389 g/mol. The molecule has 0 spiro atoms. The summed E-state index contributed by atoms with van der Waals surface area (Å²) in [6.07, 6.45) is 2.08. The molecular formula is C22H23N5S. The van der Waals surface area contributed by atoms with Crippen LogP contribution in [-0.2, 0) is 6.54 Å². The molecule has 0 amide bonds. The van der Waals surface area contributed by atoms with E-state index in [0.29, 0.717) is 0 Å². The number of piperazine rings is 1. The van der Waals surface area contributed by atoms with Crippen LogP contribution in [0.5, 0.6) is 0 Å². The SMILES string of the molecule is CN1CCN(Cc2cccs2)C[C@H]1c1nnn2cc(-c3ccccc3)ccc12. The number of pyridine rings is 1. The number of aromatic nitrogens is 3. The maximum atomic E-state index is 4.58. The van der Waals surface area contributed by atoms with Crippen LogP contribution < -0.4 is 0 Å². The zero-order valence-electron chi connectivity index (χ0n) is 15.9. The van der Waals surface area contributed by atoms with Gasteiger partial charge in [0.1, 0.15) is 5.69 Å². The molecule has 1 saturated heterocycles. The summed E-state index contributed by atoms with van der Waals surface area (Å²) in [7, 11) is 2.19. The molecular weight excluding hydrogens is 366 g/mol. The van der Waals surface area contributed by atoms with Gasteiger partial charge in [0.05, 0.1) is 11.6 Å². The van der Waals surface area contributed by atoms with Gasteiger partial charge in [0.25, 0.3) is 0 Å². The van der Waals surface area contributed by atoms with E-state index >= 15 is 0 Å². The summed E-state index contributed by atoms with van der Waals surface area (Å²) in [6.45, 7) is 4.11. The molecule has 0 saturated carbocycles. The van der Waals surface area contributed by atoms with Gasteiger partial charge >= 0.3 is 0 Å². The average Bonchev–Trinajstić information content (AvgIpc) is 3.39. The van der Waals surface area contributed by atoms with Gasteiger partial charge in [0.2, 0.25) is 0 Å². The second kappa shape index (κ2) is 7.47. The minimum Gasteiger partial charge on any atom is -0.295 e. The van der Waals surface area contributed by atoms with E-state index in [-0.39, 0.29) is 6.04 Å². The van der Waals surface area contributed by atoms with Gasteiger partial charge in [-0.2, -0.15) is 0 Å². The number of rotatable bonds is 4. The summed E-state index contributed by atoms with van der Waals surface area (Å²) in [6, 6.07) is 19.3. The average molecular weight is 390 g/mol. The zero-order chi connectivity index (χ0) is 18.9. The first-order chi connectivity index (χ1) is 13.8. The Morgan fingerprint density at radius 2 is 1.89 bits per heavy atom. The number of benzene rings is 1. The van der Waals surface area contributed by atoms with E-state index < -0.39 is 0 Å². The Bertz CT molecular complexity index is 1060. The van der Waals surface area contributed by atoms with Gasteiger partial charge in [0.15, 0.2) is 0 Å². The van der Waals surface area contributed by atoms with Crippen molar-refractivity contribution >= 4 is 16.9 Å². The number of fused-ring (bicyclic) bond motifs is 1. The minimum absolute atomic E-state index is 0.258. The molecule has 0 aliphatic carbocycles. The molecule has 3 aromatic heterocycles. The van der Waals surface area contributed by atoms with E-state index in [4.69, 9.17) is 0 Å². The van der Waals surface area contributed by atoms with Crippen LogP contribution in [0, 0.1) is 0 Å². The predicted molar refractivity (Wildman–Crippen MR) is 113 cm³/mol. The van der Waals surface area contributed by atoms with Crippen molar-refractivity contribution in [2.75, 3.05) is 26.7 Å². The van der Waals surface area contributed by atoms with E-state index in [1.165, 1.54) is 10.4 Å². The van der Waals surface area contributed by atoms with E-state index in [1.807, 2.05) is 21.9 Å². The Kier molecular flexibility index (Phi) is 4.68. The number of hydrogen-bond acceptors (Lipinski definition) is 5. The van der Waals surface area contributed by atoms with Crippen LogP contribution in [-0.4, -0.2) is 51.3 Å². The van der Waals surface area contributed by atoms with Gasteiger partial charge in [0, 0.05) is 42.8 Å². The van der Waals surface area contributed by atoms with Crippen molar-refractivity contribution in [1.82, 2.24) is 24.6 Å². The molecule has 142 valence electrons. The van der Waals surface area contributed by atoms with Gasteiger partial charge in [-0.1, -0.05) is 47.7 Å². The van der Waals surface area contributed by atoms with Crippen molar-refractivity contribution in [3.05, 3.63) is 76.7 Å². The molecule has 0 bridgehead atoms. The lowest BCUT2D eigenvalue weighted by atomic mass is 10.1. The van der Waals surface area contributed by atoms with Crippen molar-refractivity contribution in [3.8, 4) is 11.1 Å². The lowest BCUT2D eigenvalue weighted by Crippen LogP contribution is -2.46. The molecule has 1 aliphatic heterocycles. The summed E-state index contributed by atoms with van der Waals surface area (Å²) in [5.74, 6) is 0. The van der Waals surface area contributed by atoms with Gasteiger partial charge in [-0.05, 0) is 30.1 Å². The standard InChI is InChI=1S/C22H23N5S/c1-25-11-12-26(15-19-8-5-13-28-19)16-21(25)22-20-10-9-18(14-27(20)24-23-22)17-6-3-2-4-7-17/h2-10,13-14,21H,11-12,15-16H2,1H3/t21-/m0/s1. The van der Waals surface area contributed by atoms with Gasteiger partial charge < -0.3 is 0 Å². The first-order valence-electron chi connectivity index (χ1n) is 9.63. The Labute approximate surface area is 168 Å². The fourth-order valence-electron chi connectivity index (χ4n) is 3.94. The van der Waals surface area contributed by atoms with Crippen LogP contribution in [0.2, 0.25) is 0 Å². The fraction of sp³-hybridized carbons (Fsp3) is 0.273. The van der Waals surface area contributed by atoms with E-state index in [2.05, 4.69) is 87.3 Å². The van der Waals surface area contributed by atoms with E-state index in [9.17, 15) is 0 Å². The van der Waals surface area contributed by atoms with Gasteiger partial charge in [-0.3, -0.25) is 9.80 Å². The Morgan fingerprint density at radius 3 is 2.71 bits per heavy atom. The number of hydrogen-bond donors (Lipinski definition) is 0. The molecule has 0 N–H and O–H groups in total. The quantitative estimate of drug-likeness (QED) is 0.530. The van der Waals surface area contributed by atoms with Crippen molar-refractivity contribution in [2.45, 2.75) is 12.6 Å². The number of thiophene rings is 1. The highest BCUT2D eigenvalue weighted by Gasteiger charge is 2.29. The molecule has 1 aliphatic rings. The van der Waals surface area contributed by atoms with Crippen molar-refractivity contribution < 1.29 is 0 Å². The van der Waals surface area contributed by atoms with E-state index in [1.54, 1.807) is 0 Å². The number of likely N-dealkylation sites (N-methyl/N-ethyl adjacent to an activating group) is 1. The summed E-state index contributed by atoms with van der Waals surface area (Å²) >= 11 is 1.83. The predicted octanol–water partition coefficient (Wildman–Crippen LogP) is 3.95. The molecule has 0 radical (unpaired) electrons. The third kappa shape index (κ3) is 3.35. The molecule has 0 unspecified atom stereocenters. The first-order valence-corrected chi connectivity index (χ1v) is 10.5.